The van der Waals surface area contributed by atoms with E-state index < -0.39 is 0 Å². The van der Waals surface area contributed by atoms with Crippen LogP contribution in [-0.4, -0.2) is 23.1 Å². The third-order valence-electron chi connectivity index (χ3n) is 2.89. The Morgan fingerprint density at radius 1 is 1.26 bits per heavy atom. The standard InChI is InChI=1S/C13H16ClN3OS/c1-8-6-19-13(9(8)2)18-5-4-15-12-10(3)11(14)16-7-17-12/h6-7H,4-5H2,1-3H3,(H,15,16,17). The van der Waals surface area contributed by atoms with Crippen molar-refractivity contribution in [1.29, 1.82) is 0 Å². The largest absolute Gasteiger partial charge is 0.482 e. The number of anilines is 1. The quantitative estimate of drug-likeness (QED) is 0.676. The first kappa shape index (κ1) is 14.1. The molecule has 2 aromatic rings. The van der Waals surface area contributed by atoms with Crippen molar-refractivity contribution in [3.05, 3.63) is 33.6 Å². The minimum Gasteiger partial charge on any atom is -0.482 e. The van der Waals surface area contributed by atoms with Crippen molar-refractivity contribution >= 4 is 28.8 Å². The molecule has 0 saturated heterocycles. The molecule has 1 N–H and O–H groups in total. The number of nitrogens with one attached hydrogen (secondary N) is 1. The predicted molar refractivity (Wildman–Crippen MR) is 79.6 cm³/mol. The highest BCUT2D eigenvalue weighted by Crippen LogP contribution is 2.28. The van der Waals surface area contributed by atoms with E-state index in [0.29, 0.717) is 18.3 Å². The van der Waals surface area contributed by atoms with E-state index in [1.807, 2.05) is 6.92 Å². The lowest BCUT2D eigenvalue weighted by Gasteiger charge is -2.09. The van der Waals surface area contributed by atoms with Crippen LogP contribution in [0.5, 0.6) is 5.06 Å². The van der Waals surface area contributed by atoms with Crippen molar-refractivity contribution < 1.29 is 4.74 Å². The summed E-state index contributed by atoms with van der Waals surface area (Å²) in [5, 5.41) is 6.76. The fourth-order valence-corrected chi connectivity index (χ4v) is 2.62. The van der Waals surface area contributed by atoms with Crippen LogP contribution in [0, 0.1) is 20.8 Å². The lowest BCUT2D eigenvalue weighted by molar-refractivity contribution is 0.340. The number of aromatic nitrogens is 2. The second kappa shape index (κ2) is 6.21. The van der Waals surface area contributed by atoms with Crippen LogP contribution in [-0.2, 0) is 0 Å². The Balaban J connectivity index is 1.84. The van der Waals surface area contributed by atoms with Gasteiger partial charge in [-0.25, -0.2) is 9.97 Å². The van der Waals surface area contributed by atoms with Crippen molar-refractivity contribution in [1.82, 2.24) is 9.97 Å². The monoisotopic (exact) mass is 297 g/mol. The lowest BCUT2D eigenvalue weighted by Crippen LogP contribution is -2.13. The molecule has 0 fully saturated rings. The summed E-state index contributed by atoms with van der Waals surface area (Å²) in [6.45, 7) is 7.30. The summed E-state index contributed by atoms with van der Waals surface area (Å²) in [6.07, 6.45) is 1.45. The molecule has 102 valence electrons. The van der Waals surface area contributed by atoms with Gasteiger partial charge in [0.05, 0.1) is 6.54 Å². The average molecular weight is 298 g/mol. The molecule has 0 aromatic carbocycles. The van der Waals surface area contributed by atoms with Gasteiger partial charge in [0, 0.05) is 11.1 Å². The average Bonchev–Trinajstić information content (AvgIpc) is 2.71. The van der Waals surface area contributed by atoms with Gasteiger partial charge in [-0.15, -0.1) is 11.3 Å². The van der Waals surface area contributed by atoms with Crippen LogP contribution in [0.1, 0.15) is 16.7 Å². The van der Waals surface area contributed by atoms with E-state index in [9.17, 15) is 0 Å². The van der Waals surface area contributed by atoms with Gasteiger partial charge < -0.3 is 10.1 Å². The maximum atomic E-state index is 5.93. The molecular weight excluding hydrogens is 282 g/mol. The number of hydrogen-bond donors (Lipinski definition) is 1. The first-order chi connectivity index (χ1) is 9.09. The van der Waals surface area contributed by atoms with Crippen LogP contribution < -0.4 is 10.1 Å². The molecule has 0 radical (unpaired) electrons. The molecule has 0 aliphatic carbocycles. The summed E-state index contributed by atoms with van der Waals surface area (Å²) >= 11 is 7.56. The minimum absolute atomic E-state index is 0.475. The van der Waals surface area contributed by atoms with E-state index in [0.717, 1.165) is 16.4 Å². The third kappa shape index (κ3) is 3.36. The molecule has 2 heterocycles. The Hall–Kier alpha value is -1.33. The number of hydrogen-bond acceptors (Lipinski definition) is 5. The molecule has 0 aliphatic heterocycles. The maximum Gasteiger partial charge on any atom is 0.177 e. The highest BCUT2D eigenvalue weighted by atomic mass is 35.5. The maximum absolute atomic E-state index is 5.93. The molecule has 2 aromatic heterocycles. The summed E-state index contributed by atoms with van der Waals surface area (Å²) in [5.41, 5.74) is 3.34. The molecule has 0 saturated carbocycles. The molecule has 19 heavy (non-hydrogen) atoms. The SMILES string of the molecule is Cc1csc(OCCNc2ncnc(Cl)c2C)c1C. The molecular formula is C13H16ClN3OS. The second-order valence-electron chi connectivity index (χ2n) is 4.24. The summed E-state index contributed by atoms with van der Waals surface area (Å²) in [5.74, 6) is 0.752. The highest BCUT2D eigenvalue weighted by molar-refractivity contribution is 7.12. The van der Waals surface area contributed by atoms with E-state index in [1.165, 1.54) is 17.5 Å². The Labute approximate surface area is 121 Å². The summed E-state index contributed by atoms with van der Waals surface area (Å²) in [4.78, 5) is 8.06. The zero-order valence-electron chi connectivity index (χ0n) is 11.2. The minimum atomic E-state index is 0.475. The van der Waals surface area contributed by atoms with Gasteiger partial charge in [0.1, 0.15) is 23.9 Å². The van der Waals surface area contributed by atoms with Gasteiger partial charge in [0.2, 0.25) is 0 Å². The molecule has 0 spiro atoms. The second-order valence-corrected chi connectivity index (χ2v) is 5.44. The Morgan fingerprint density at radius 3 is 2.74 bits per heavy atom. The van der Waals surface area contributed by atoms with E-state index in [2.05, 4.69) is 34.5 Å². The lowest BCUT2D eigenvalue weighted by atomic mass is 10.2. The third-order valence-corrected chi connectivity index (χ3v) is 4.38. The van der Waals surface area contributed by atoms with Crippen molar-refractivity contribution in [3.63, 3.8) is 0 Å². The number of rotatable bonds is 5. The van der Waals surface area contributed by atoms with E-state index in [-0.39, 0.29) is 0 Å². The molecule has 0 aliphatic rings. The van der Waals surface area contributed by atoms with Crippen molar-refractivity contribution in [2.75, 3.05) is 18.5 Å². The van der Waals surface area contributed by atoms with Gasteiger partial charge in [-0.1, -0.05) is 11.6 Å². The van der Waals surface area contributed by atoms with Gasteiger partial charge in [-0.3, -0.25) is 0 Å². The first-order valence-electron chi connectivity index (χ1n) is 5.98. The van der Waals surface area contributed by atoms with E-state index in [1.54, 1.807) is 11.3 Å². The summed E-state index contributed by atoms with van der Waals surface area (Å²) in [7, 11) is 0. The Kier molecular flexibility index (Phi) is 4.61. The van der Waals surface area contributed by atoms with Crippen LogP contribution in [0.15, 0.2) is 11.7 Å². The van der Waals surface area contributed by atoms with Crippen LogP contribution >= 0.6 is 22.9 Å². The first-order valence-corrected chi connectivity index (χ1v) is 7.24. The zero-order chi connectivity index (χ0) is 13.8. The molecule has 2 rings (SSSR count). The Morgan fingerprint density at radius 2 is 2.05 bits per heavy atom. The van der Waals surface area contributed by atoms with Crippen LogP contribution in [0.25, 0.3) is 0 Å². The van der Waals surface area contributed by atoms with Crippen molar-refractivity contribution in [3.8, 4) is 5.06 Å². The number of aryl methyl sites for hydroxylation is 1. The molecule has 0 bridgehead atoms. The normalized spacial score (nSPS) is 10.5. The van der Waals surface area contributed by atoms with Gasteiger partial charge >= 0.3 is 0 Å². The van der Waals surface area contributed by atoms with Crippen LogP contribution in [0.3, 0.4) is 0 Å². The molecule has 6 heteroatoms. The van der Waals surface area contributed by atoms with Crippen molar-refractivity contribution in [2.45, 2.75) is 20.8 Å². The molecule has 0 unspecified atom stereocenters. The predicted octanol–water partition coefficient (Wildman–Crippen LogP) is 3.61. The zero-order valence-corrected chi connectivity index (χ0v) is 12.7. The number of thiophene rings is 1. The van der Waals surface area contributed by atoms with Crippen LogP contribution in [0.4, 0.5) is 5.82 Å². The topological polar surface area (TPSA) is 47.0 Å². The summed E-state index contributed by atoms with van der Waals surface area (Å²) < 4.78 is 5.73. The van der Waals surface area contributed by atoms with Gasteiger partial charge in [-0.05, 0) is 31.7 Å². The number of nitrogens with zero attached hydrogens (tertiary/aromatic N) is 2. The van der Waals surface area contributed by atoms with Gasteiger partial charge in [-0.2, -0.15) is 0 Å². The summed E-state index contributed by atoms with van der Waals surface area (Å²) in [6, 6.07) is 0. The smallest absolute Gasteiger partial charge is 0.177 e. The molecule has 4 nitrogen and oxygen atoms in total. The fraction of sp³-hybridized carbons (Fsp3) is 0.385. The number of halogens is 1. The van der Waals surface area contributed by atoms with Gasteiger partial charge in [0.25, 0.3) is 0 Å². The molecule has 0 atom stereocenters. The fourth-order valence-electron chi connectivity index (χ4n) is 1.54. The van der Waals surface area contributed by atoms with E-state index >= 15 is 0 Å². The van der Waals surface area contributed by atoms with Crippen LogP contribution in [0.2, 0.25) is 5.15 Å². The molecule has 0 amide bonds. The van der Waals surface area contributed by atoms with E-state index in [4.69, 9.17) is 16.3 Å². The Bertz CT molecular complexity index is 571. The highest BCUT2D eigenvalue weighted by Gasteiger charge is 2.06. The number of ether oxygens (including phenoxy) is 1. The van der Waals surface area contributed by atoms with Gasteiger partial charge in [0.15, 0.2) is 5.06 Å². The van der Waals surface area contributed by atoms with Crippen molar-refractivity contribution in [2.24, 2.45) is 0 Å².